The number of hydrogen-bond donors (Lipinski definition) is 2. The van der Waals surface area contributed by atoms with E-state index in [0.717, 1.165) is 18.8 Å². The third-order valence-corrected chi connectivity index (χ3v) is 3.62. The number of hydrogen-bond acceptors (Lipinski definition) is 4. The summed E-state index contributed by atoms with van der Waals surface area (Å²) in [4.78, 5) is 6.10. The van der Waals surface area contributed by atoms with Crippen molar-refractivity contribution in [1.82, 2.24) is 4.98 Å². The standard InChI is InChI=1S/C11H16N2.C6H7FN2/c12-10-6-2-3-7-11(10)13-8-4-1-5-9-13;1-8-6-3-2-5(7)4-9-6/h2-3,6-7H,1,4-5,8-9,12H2;2-4H,1H3,(H,8,9). The van der Waals surface area contributed by atoms with Crippen LogP contribution in [0.5, 0.6) is 0 Å². The Morgan fingerprint density at radius 1 is 1.09 bits per heavy atom. The molecule has 1 fully saturated rings. The lowest BCUT2D eigenvalue weighted by Gasteiger charge is -2.29. The van der Waals surface area contributed by atoms with E-state index in [9.17, 15) is 4.39 Å². The lowest BCUT2D eigenvalue weighted by Crippen LogP contribution is -2.29. The molecule has 3 N–H and O–H groups in total. The number of nitrogens with two attached hydrogens (primary N) is 1. The van der Waals surface area contributed by atoms with Gasteiger partial charge in [-0.1, -0.05) is 12.1 Å². The molecule has 0 bridgehead atoms. The van der Waals surface area contributed by atoms with Crippen LogP contribution >= 0.6 is 0 Å². The molecule has 1 aliphatic heterocycles. The van der Waals surface area contributed by atoms with Gasteiger partial charge in [0.25, 0.3) is 0 Å². The van der Waals surface area contributed by atoms with Crippen LogP contribution in [-0.4, -0.2) is 25.1 Å². The van der Waals surface area contributed by atoms with Gasteiger partial charge < -0.3 is 16.0 Å². The number of aromatic nitrogens is 1. The fourth-order valence-electron chi connectivity index (χ4n) is 2.43. The Morgan fingerprint density at radius 2 is 1.82 bits per heavy atom. The molecule has 0 unspecified atom stereocenters. The monoisotopic (exact) mass is 302 g/mol. The summed E-state index contributed by atoms with van der Waals surface area (Å²) in [6.07, 6.45) is 5.14. The Hall–Kier alpha value is -2.30. The van der Waals surface area contributed by atoms with Crippen LogP contribution in [0.2, 0.25) is 0 Å². The summed E-state index contributed by atoms with van der Waals surface area (Å²) in [5.74, 6) is 0.366. The minimum absolute atomic E-state index is 0.311. The van der Waals surface area contributed by atoms with E-state index in [1.807, 2.05) is 12.1 Å². The Balaban J connectivity index is 0.000000172. The number of rotatable bonds is 2. The minimum atomic E-state index is -0.311. The number of nitrogen functional groups attached to an aromatic ring is 1. The summed E-state index contributed by atoms with van der Waals surface area (Å²) in [6, 6.07) is 11.1. The summed E-state index contributed by atoms with van der Waals surface area (Å²) in [7, 11) is 1.74. The van der Waals surface area contributed by atoms with E-state index >= 15 is 0 Å². The third-order valence-electron chi connectivity index (χ3n) is 3.62. The van der Waals surface area contributed by atoms with Gasteiger partial charge in [0.15, 0.2) is 0 Å². The van der Waals surface area contributed by atoms with Crippen LogP contribution in [0.15, 0.2) is 42.6 Å². The van der Waals surface area contributed by atoms with E-state index in [-0.39, 0.29) is 5.82 Å². The normalized spacial score (nSPS) is 14.0. The zero-order valence-corrected chi connectivity index (χ0v) is 12.9. The summed E-state index contributed by atoms with van der Waals surface area (Å²) in [6.45, 7) is 2.32. The maximum absolute atomic E-state index is 12.1. The average molecular weight is 302 g/mol. The summed E-state index contributed by atoms with van der Waals surface area (Å²) < 4.78 is 12.1. The highest BCUT2D eigenvalue weighted by atomic mass is 19.1. The van der Waals surface area contributed by atoms with Gasteiger partial charge in [-0.3, -0.25) is 0 Å². The maximum atomic E-state index is 12.1. The molecule has 0 atom stereocenters. The third kappa shape index (κ3) is 4.62. The zero-order valence-electron chi connectivity index (χ0n) is 12.9. The van der Waals surface area contributed by atoms with E-state index in [2.05, 4.69) is 27.3 Å². The molecule has 0 radical (unpaired) electrons. The van der Waals surface area contributed by atoms with Gasteiger partial charge in [-0.05, 0) is 43.5 Å². The molecule has 2 heterocycles. The number of anilines is 3. The molecule has 0 amide bonds. The van der Waals surface area contributed by atoms with Gasteiger partial charge in [0.05, 0.1) is 17.6 Å². The number of benzene rings is 1. The number of nitrogens with zero attached hydrogens (tertiary/aromatic N) is 2. The summed E-state index contributed by atoms with van der Waals surface area (Å²) >= 11 is 0. The summed E-state index contributed by atoms with van der Waals surface area (Å²) in [5, 5.41) is 2.78. The molecule has 0 spiro atoms. The van der Waals surface area contributed by atoms with E-state index in [1.54, 1.807) is 13.1 Å². The molecule has 1 aromatic heterocycles. The predicted octanol–water partition coefficient (Wildman–Crippen LogP) is 3.52. The van der Waals surface area contributed by atoms with Crippen molar-refractivity contribution in [1.29, 1.82) is 0 Å². The zero-order chi connectivity index (χ0) is 15.8. The van der Waals surface area contributed by atoms with Gasteiger partial charge in [-0.15, -0.1) is 0 Å². The van der Waals surface area contributed by atoms with Gasteiger partial charge in [-0.25, -0.2) is 9.37 Å². The number of pyridine rings is 1. The van der Waals surface area contributed by atoms with Crippen molar-refractivity contribution in [3.8, 4) is 0 Å². The van der Waals surface area contributed by atoms with Crippen molar-refractivity contribution in [2.75, 3.05) is 36.1 Å². The Bertz CT molecular complexity index is 565. The number of nitrogens with one attached hydrogen (secondary N) is 1. The lowest BCUT2D eigenvalue weighted by molar-refractivity contribution is 0.578. The lowest BCUT2D eigenvalue weighted by atomic mass is 10.1. The van der Waals surface area contributed by atoms with Gasteiger partial charge in [-0.2, -0.15) is 0 Å². The quantitative estimate of drug-likeness (QED) is 0.833. The molecule has 118 valence electrons. The number of para-hydroxylation sites is 2. The molecule has 1 aromatic carbocycles. The number of piperidine rings is 1. The second kappa shape index (κ2) is 8.22. The van der Waals surface area contributed by atoms with Crippen molar-refractivity contribution in [2.45, 2.75) is 19.3 Å². The van der Waals surface area contributed by atoms with Crippen molar-refractivity contribution in [3.63, 3.8) is 0 Å². The first kappa shape index (κ1) is 16.1. The maximum Gasteiger partial charge on any atom is 0.141 e. The molecule has 22 heavy (non-hydrogen) atoms. The SMILES string of the molecule is CNc1ccc(F)cn1.Nc1ccccc1N1CCCCC1. The molecule has 2 aromatic rings. The van der Waals surface area contributed by atoms with E-state index < -0.39 is 0 Å². The predicted molar refractivity (Wildman–Crippen MR) is 90.7 cm³/mol. The molecule has 1 aliphatic rings. The van der Waals surface area contributed by atoms with Crippen LogP contribution in [0, 0.1) is 5.82 Å². The number of halogens is 1. The second-order valence-corrected chi connectivity index (χ2v) is 5.22. The second-order valence-electron chi connectivity index (χ2n) is 5.22. The van der Waals surface area contributed by atoms with Crippen LogP contribution in [0.4, 0.5) is 21.6 Å². The fraction of sp³-hybridized carbons (Fsp3) is 0.353. The van der Waals surface area contributed by atoms with Crippen LogP contribution in [0.3, 0.4) is 0 Å². The highest BCUT2D eigenvalue weighted by molar-refractivity contribution is 5.67. The fourth-order valence-corrected chi connectivity index (χ4v) is 2.43. The van der Waals surface area contributed by atoms with Crippen LogP contribution < -0.4 is 16.0 Å². The van der Waals surface area contributed by atoms with Crippen LogP contribution in [0.1, 0.15) is 19.3 Å². The highest BCUT2D eigenvalue weighted by Crippen LogP contribution is 2.25. The van der Waals surface area contributed by atoms with Crippen molar-refractivity contribution >= 4 is 17.2 Å². The van der Waals surface area contributed by atoms with Crippen LogP contribution in [-0.2, 0) is 0 Å². The van der Waals surface area contributed by atoms with Gasteiger partial charge in [0.1, 0.15) is 11.6 Å². The van der Waals surface area contributed by atoms with Crippen LogP contribution in [0.25, 0.3) is 0 Å². The molecular formula is C17H23FN4. The van der Waals surface area contributed by atoms with Crippen molar-refractivity contribution in [2.24, 2.45) is 0 Å². The summed E-state index contributed by atoms with van der Waals surface area (Å²) in [5.41, 5.74) is 8.03. The average Bonchev–Trinajstić information content (AvgIpc) is 2.57. The first-order valence-electron chi connectivity index (χ1n) is 7.59. The molecule has 1 saturated heterocycles. The van der Waals surface area contributed by atoms with E-state index in [4.69, 9.17) is 5.73 Å². The molecule has 5 heteroatoms. The minimum Gasteiger partial charge on any atom is -0.397 e. The molecular weight excluding hydrogens is 279 g/mol. The first-order chi connectivity index (χ1) is 10.7. The molecule has 0 saturated carbocycles. The first-order valence-corrected chi connectivity index (χ1v) is 7.59. The van der Waals surface area contributed by atoms with Gasteiger partial charge >= 0.3 is 0 Å². The molecule has 0 aliphatic carbocycles. The smallest absolute Gasteiger partial charge is 0.141 e. The van der Waals surface area contributed by atoms with Crippen molar-refractivity contribution < 1.29 is 4.39 Å². The highest BCUT2D eigenvalue weighted by Gasteiger charge is 2.12. The molecule has 3 rings (SSSR count). The largest absolute Gasteiger partial charge is 0.397 e. The molecule has 4 nitrogen and oxygen atoms in total. The Morgan fingerprint density at radius 3 is 2.41 bits per heavy atom. The Kier molecular flexibility index (Phi) is 6.01. The Labute approximate surface area is 131 Å². The van der Waals surface area contributed by atoms with E-state index in [0.29, 0.717) is 5.82 Å². The topological polar surface area (TPSA) is 54.2 Å². The van der Waals surface area contributed by atoms with E-state index in [1.165, 1.54) is 37.2 Å². The van der Waals surface area contributed by atoms with Gasteiger partial charge in [0.2, 0.25) is 0 Å². The van der Waals surface area contributed by atoms with Gasteiger partial charge in [0, 0.05) is 20.1 Å². The van der Waals surface area contributed by atoms with Crippen molar-refractivity contribution in [3.05, 3.63) is 48.4 Å².